The van der Waals surface area contributed by atoms with E-state index >= 15 is 0 Å². The molecule has 0 radical (unpaired) electrons. The quantitative estimate of drug-likeness (QED) is 0.480. The summed E-state index contributed by atoms with van der Waals surface area (Å²) >= 11 is 4.59. The second-order valence-corrected chi connectivity index (χ2v) is 8.93. The van der Waals surface area contributed by atoms with Gasteiger partial charge in [0.05, 0.1) is 0 Å². The maximum atomic E-state index is 12.6. The Morgan fingerprint density at radius 3 is 2.61 bits per heavy atom. The Hall–Kier alpha value is -2.62. The highest BCUT2D eigenvalue weighted by Gasteiger charge is 2.14. The van der Waals surface area contributed by atoms with Crippen molar-refractivity contribution in [3.8, 4) is 10.8 Å². The first kappa shape index (κ1) is 18.7. The average molecular weight is 426 g/mol. The lowest BCUT2D eigenvalue weighted by atomic mass is 10.2. The van der Waals surface area contributed by atoms with Crippen LogP contribution in [0.4, 0.5) is 5.69 Å². The van der Waals surface area contributed by atoms with E-state index in [-0.39, 0.29) is 5.91 Å². The number of aryl methyl sites for hydroxylation is 2. The predicted molar refractivity (Wildman–Crippen MR) is 113 cm³/mol. The van der Waals surface area contributed by atoms with Crippen molar-refractivity contribution < 1.29 is 4.79 Å². The molecule has 1 N–H and O–H groups in total. The van der Waals surface area contributed by atoms with E-state index in [9.17, 15) is 4.79 Å². The number of nitrogens with one attached hydrogen (secondary N) is 1. The maximum absolute atomic E-state index is 12.6. The minimum absolute atomic E-state index is 0.252. The topological polar surface area (TPSA) is 80.7 Å². The number of rotatable bonds is 5. The van der Waals surface area contributed by atoms with E-state index in [1.54, 1.807) is 46.9 Å². The molecule has 0 bridgehead atoms. The van der Waals surface area contributed by atoms with Crippen molar-refractivity contribution in [1.29, 1.82) is 0 Å². The number of hydrogen-bond acceptors (Lipinski definition) is 8. The molecule has 1 aromatic carbocycles. The second kappa shape index (κ2) is 8.17. The van der Waals surface area contributed by atoms with Gasteiger partial charge in [-0.25, -0.2) is 19.9 Å². The number of anilines is 1. The van der Waals surface area contributed by atoms with Gasteiger partial charge in [-0.2, -0.15) is 0 Å². The number of thiazole rings is 2. The summed E-state index contributed by atoms with van der Waals surface area (Å²) in [6.07, 6.45) is 3.30. The molecule has 4 aromatic rings. The third kappa shape index (κ3) is 4.27. The van der Waals surface area contributed by atoms with Crippen molar-refractivity contribution in [3.05, 3.63) is 64.4 Å². The Kier molecular flexibility index (Phi) is 5.47. The van der Waals surface area contributed by atoms with E-state index in [0.29, 0.717) is 16.5 Å². The highest BCUT2D eigenvalue weighted by Crippen LogP contribution is 2.32. The first-order valence-electron chi connectivity index (χ1n) is 8.33. The van der Waals surface area contributed by atoms with E-state index < -0.39 is 0 Å². The van der Waals surface area contributed by atoms with Crippen LogP contribution in [0.3, 0.4) is 0 Å². The summed E-state index contributed by atoms with van der Waals surface area (Å²) < 4.78 is 1.01. The van der Waals surface area contributed by atoms with Crippen molar-refractivity contribution in [2.75, 3.05) is 5.32 Å². The molecule has 0 saturated carbocycles. The highest BCUT2D eigenvalue weighted by atomic mass is 32.2. The summed E-state index contributed by atoms with van der Waals surface area (Å²) in [5, 5.41) is 7.29. The van der Waals surface area contributed by atoms with E-state index in [2.05, 4.69) is 25.3 Å². The summed E-state index contributed by atoms with van der Waals surface area (Å²) in [6.45, 7) is 3.95. The van der Waals surface area contributed by atoms with Crippen LogP contribution in [0.5, 0.6) is 0 Å². The van der Waals surface area contributed by atoms with Gasteiger partial charge in [0.1, 0.15) is 5.69 Å². The third-order valence-corrected chi connectivity index (χ3v) is 6.63. The smallest absolute Gasteiger partial charge is 0.275 e. The SMILES string of the molecule is Cc1csc(Sc2ccc(NC(=O)c3csc(-c4ncccn4)n3)c(C)c2)n1. The van der Waals surface area contributed by atoms with Gasteiger partial charge in [-0.1, -0.05) is 11.8 Å². The molecule has 0 unspecified atom stereocenters. The molecule has 0 atom stereocenters. The molecule has 0 saturated heterocycles. The lowest BCUT2D eigenvalue weighted by Crippen LogP contribution is -2.13. The fourth-order valence-electron chi connectivity index (χ4n) is 2.40. The summed E-state index contributed by atoms with van der Waals surface area (Å²) in [4.78, 5) is 30.8. The Morgan fingerprint density at radius 2 is 1.89 bits per heavy atom. The van der Waals surface area contributed by atoms with Crippen LogP contribution in [0.15, 0.2) is 56.7 Å². The molecule has 0 spiro atoms. The molecule has 140 valence electrons. The zero-order valence-corrected chi connectivity index (χ0v) is 17.5. The molecule has 0 aliphatic heterocycles. The van der Waals surface area contributed by atoms with E-state index in [1.165, 1.54) is 11.3 Å². The minimum Gasteiger partial charge on any atom is -0.320 e. The monoisotopic (exact) mass is 425 g/mol. The van der Waals surface area contributed by atoms with Gasteiger partial charge in [-0.15, -0.1) is 22.7 Å². The Morgan fingerprint density at radius 1 is 1.07 bits per heavy atom. The van der Waals surface area contributed by atoms with Gasteiger partial charge < -0.3 is 5.32 Å². The van der Waals surface area contributed by atoms with Crippen LogP contribution in [-0.4, -0.2) is 25.8 Å². The molecule has 6 nitrogen and oxygen atoms in total. The summed E-state index contributed by atoms with van der Waals surface area (Å²) in [5.41, 5.74) is 3.11. The van der Waals surface area contributed by atoms with Gasteiger partial charge in [0.2, 0.25) is 0 Å². The largest absolute Gasteiger partial charge is 0.320 e. The van der Waals surface area contributed by atoms with E-state index in [1.807, 2.05) is 37.4 Å². The van der Waals surface area contributed by atoms with Crippen molar-refractivity contribution >= 4 is 46.0 Å². The van der Waals surface area contributed by atoms with Gasteiger partial charge in [-0.05, 0) is 43.7 Å². The molecule has 9 heteroatoms. The zero-order chi connectivity index (χ0) is 19.5. The highest BCUT2D eigenvalue weighted by molar-refractivity contribution is 8.01. The van der Waals surface area contributed by atoms with E-state index in [4.69, 9.17) is 0 Å². The first-order chi connectivity index (χ1) is 13.6. The first-order valence-corrected chi connectivity index (χ1v) is 10.9. The summed E-state index contributed by atoms with van der Waals surface area (Å²) in [6, 6.07) is 7.67. The van der Waals surface area contributed by atoms with Crippen molar-refractivity contribution in [1.82, 2.24) is 19.9 Å². The Bertz CT molecular complexity index is 1120. The molecular weight excluding hydrogens is 410 g/mol. The van der Waals surface area contributed by atoms with Crippen LogP contribution >= 0.6 is 34.4 Å². The molecule has 3 aromatic heterocycles. The summed E-state index contributed by atoms with van der Waals surface area (Å²) in [7, 11) is 0. The number of benzene rings is 1. The van der Waals surface area contributed by atoms with Crippen LogP contribution < -0.4 is 5.32 Å². The van der Waals surface area contributed by atoms with Crippen LogP contribution in [-0.2, 0) is 0 Å². The Balaban J connectivity index is 1.46. The van der Waals surface area contributed by atoms with Crippen LogP contribution in [0.1, 0.15) is 21.7 Å². The third-order valence-electron chi connectivity index (χ3n) is 3.74. The lowest BCUT2D eigenvalue weighted by Gasteiger charge is -2.08. The molecule has 0 aliphatic rings. The maximum Gasteiger partial charge on any atom is 0.275 e. The van der Waals surface area contributed by atoms with Crippen LogP contribution in [0, 0.1) is 13.8 Å². The fourth-order valence-corrected chi connectivity index (χ4v) is 5.05. The molecule has 1 amide bonds. The predicted octanol–water partition coefficient (Wildman–Crippen LogP) is 5.08. The normalized spacial score (nSPS) is 10.8. The average Bonchev–Trinajstić information content (AvgIpc) is 3.34. The fraction of sp³-hybridized carbons (Fsp3) is 0.105. The number of hydrogen-bond donors (Lipinski definition) is 1. The standard InChI is InChI=1S/C19H15N5OS3/c1-11-8-13(28-19-22-12(2)9-27-19)4-5-14(11)23-17(25)15-10-26-18(24-15)16-20-6-3-7-21-16/h3-10H,1-2H3,(H,23,25). The molecule has 3 heterocycles. The molecular formula is C19H15N5OS3. The molecule has 28 heavy (non-hydrogen) atoms. The zero-order valence-electron chi connectivity index (χ0n) is 15.0. The molecule has 0 fully saturated rings. The molecule has 0 aliphatic carbocycles. The summed E-state index contributed by atoms with van der Waals surface area (Å²) in [5.74, 6) is 0.263. The number of carbonyl (C=O) groups is 1. The Labute approximate surface area is 174 Å². The van der Waals surface area contributed by atoms with Gasteiger partial charge >= 0.3 is 0 Å². The van der Waals surface area contributed by atoms with Gasteiger partial charge in [0, 0.05) is 39.4 Å². The number of nitrogens with zero attached hydrogens (tertiary/aromatic N) is 4. The minimum atomic E-state index is -0.252. The van der Waals surface area contributed by atoms with Crippen LogP contribution in [0.2, 0.25) is 0 Å². The number of amides is 1. The van der Waals surface area contributed by atoms with Crippen LogP contribution in [0.25, 0.3) is 10.8 Å². The molecule has 4 rings (SSSR count). The van der Waals surface area contributed by atoms with Crippen molar-refractivity contribution in [2.24, 2.45) is 0 Å². The number of carbonyl (C=O) groups excluding carboxylic acids is 1. The van der Waals surface area contributed by atoms with Gasteiger partial charge in [0.25, 0.3) is 5.91 Å². The second-order valence-electron chi connectivity index (χ2n) is 5.90. The number of aromatic nitrogens is 4. The van der Waals surface area contributed by atoms with Crippen molar-refractivity contribution in [3.63, 3.8) is 0 Å². The van der Waals surface area contributed by atoms with Gasteiger partial charge in [-0.3, -0.25) is 4.79 Å². The lowest BCUT2D eigenvalue weighted by molar-refractivity contribution is 0.102. The van der Waals surface area contributed by atoms with Gasteiger partial charge in [0.15, 0.2) is 15.2 Å². The van der Waals surface area contributed by atoms with Crippen molar-refractivity contribution in [2.45, 2.75) is 23.1 Å². The van der Waals surface area contributed by atoms with E-state index in [0.717, 1.165) is 26.2 Å².